The summed E-state index contributed by atoms with van der Waals surface area (Å²) < 4.78 is 5.60. The number of halogens is 1. The second kappa shape index (κ2) is 5.33. The lowest BCUT2D eigenvalue weighted by Gasteiger charge is -2.03. The highest BCUT2D eigenvalue weighted by Gasteiger charge is 2.04. The summed E-state index contributed by atoms with van der Waals surface area (Å²) in [6, 6.07) is 16.4. The number of aromatic nitrogens is 1. The molecule has 0 atom stereocenters. The minimum absolute atomic E-state index is 0.525. The summed E-state index contributed by atoms with van der Waals surface area (Å²) in [5, 5.41) is 3.18. The van der Waals surface area contributed by atoms with Crippen LogP contribution in [-0.4, -0.2) is 4.98 Å². The van der Waals surface area contributed by atoms with Gasteiger partial charge in [0.2, 0.25) is 0 Å². The standard InChI is InChI=1S/C15H13ClN2O/c16-9-11-4-3-5-12(8-11)10-17-15-18-13-6-1-2-7-14(13)19-15/h1-8H,9-10H2,(H,17,18). The first-order valence-electron chi connectivity index (χ1n) is 6.08. The molecule has 96 valence electrons. The summed E-state index contributed by atoms with van der Waals surface area (Å²) in [6.07, 6.45) is 0. The second-order valence-electron chi connectivity index (χ2n) is 4.29. The molecule has 0 unspecified atom stereocenters. The van der Waals surface area contributed by atoms with Crippen LogP contribution in [0, 0.1) is 0 Å². The maximum Gasteiger partial charge on any atom is 0.295 e. The van der Waals surface area contributed by atoms with E-state index in [9.17, 15) is 0 Å². The molecule has 0 amide bonds. The van der Waals surface area contributed by atoms with Crippen molar-refractivity contribution in [2.75, 3.05) is 5.32 Å². The molecule has 19 heavy (non-hydrogen) atoms. The van der Waals surface area contributed by atoms with E-state index in [4.69, 9.17) is 16.0 Å². The minimum Gasteiger partial charge on any atom is -0.424 e. The Labute approximate surface area is 116 Å². The largest absolute Gasteiger partial charge is 0.424 e. The number of benzene rings is 2. The molecule has 2 aromatic carbocycles. The maximum absolute atomic E-state index is 5.82. The molecule has 0 bridgehead atoms. The van der Waals surface area contributed by atoms with E-state index in [0.29, 0.717) is 18.4 Å². The van der Waals surface area contributed by atoms with E-state index in [2.05, 4.69) is 16.4 Å². The van der Waals surface area contributed by atoms with Gasteiger partial charge in [0, 0.05) is 12.4 Å². The fourth-order valence-corrected chi connectivity index (χ4v) is 2.11. The fraction of sp³-hybridized carbons (Fsp3) is 0.133. The van der Waals surface area contributed by atoms with Crippen molar-refractivity contribution in [1.82, 2.24) is 4.98 Å². The van der Waals surface area contributed by atoms with Crippen LogP contribution in [0.3, 0.4) is 0 Å². The van der Waals surface area contributed by atoms with Gasteiger partial charge in [0.25, 0.3) is 6.01 Å². The number of nitrogens with zero attached hydrogens (tertiary/aromatic N) is 1. The van der Waals surface area contributed by atoms with E-state index in [1.165, 1.54) is 0 Å². The third kappa shape index (κ3) is 2.71. The number of nitrogens with one attached hydrogen (secondary N) is 1. The maximum atomic E-state index is 5.82. The number of fused-ring (bicyclic) bond motifs is 1. The third-order valence-electron chi connectivity index (χ3n) is 2.88. The van der Waals surface area contributed by atoms with E-state index >= 15 is 0 Å². The first-order valence-corrected chi connectivity index (χ1v) is 6.62. The van der Waals surface area contributed by atoms with Crippen molar-refractivity contribution in [2.45, 2.75) is 12.4 Å². The van der Waals surface area contributed by atoms with Crippen LogP contribution in [0.4, 0.5) is 6.01 Å². The van der Waals surface area contributed by atoms with E-state index in [1.807, 2.05) is 42.5 Å². The van der Waals surface area contributed by atoms with Gasteiger partial charge in [-0.15, -0.1) is 11.6 Å². The lowest BCUT2D eigenvalue weighted by atomic mass is 10.1. The predicted octanol–water partition coefficient (Wildman–Crippen LogP) is 4.18. The lowest BCUT2D eigenvalue weighted by molar-refractivity contribution is 0.614. The Balaban J connectivity index is 1.74. The summed E-state index contributed by atoms with van der Waals surface area (Å²) in [6.45, 7) is 0.664. The molecular weight excluding hydrogens is 260 g/mol. The molecule has 0 saturated heterocycles. The average Bonchev–Trinajstić information content (AvgIpc) is 2.88. The van der Waals surface area contributed by atoms with Crippen LogP contribution in [0.2, 0.25) is 0 Å². The molecular formula is C15H13ClN2O. The van der Waals surface area contributed by atoms with Crippen LogP contribution in [0.5, 0.6) is 0 Å². The molecule has 1 aromatic heterocycles. The summed E-state index contributed by atoms with van der Waals surface area (Å²) in [4.78, 5) is 4.37. The summed E-state index contributed by atoms with van der Waals surface area (Å²) in [5.74, 6) is 0.525. The van der Waals surface area contributed by atoms with Gasteiger partial charge in [0.1, 0.15) is 5.52 Å². The molecule has 1 N–H and O–H groups in total. The Morgan fingerprint density at radius 2 is 1.89 bits per heavy atom. The van der Waals surface area contributed by atoms with Gasteiger partial charge in [0.15, 0.2) is 5.58 Å². The first-order chi connectivity index (χ1) is 9.35. The molecule has 0 fully saturated rings. The van der Waals surface area contributed by atoms with Crippen molar-refractivity contribution < 1.29 is 4.42 Å². The molecule has 3 aromatic rings. The normalized spacial score (nSPS) is 10.8. The zero-order valence-corrected chi connectivity index (χ0v) is 11.0. The van der Waals surface area contributed by atoms with Gasteiger partial charge >= 0.3 is 0 Å². The highest BCUT2D eigenvalue weighted by atomic mass is 35.5. The molecule has 0 aliphatic heterocycles. The molecule has 3 rings (SSSR count). The lowest BCUT2D eigenvalue weighted by Crippen LogP contribution is -1.99. The number of rotatable bonds is 4. The van der Waals surface area contributed by atoms with E-state index in [0.717, 1.165) is 22.2 Å². The second-order valence-corrected chi connectivity index (χ2v) is 4.56. The summed E-state index contributed by atoms with van der Waals surface area (Å²) in [7, 11) is 0. The number of para-hydroxylation sites is 2. The Bertz CT molecular complexity index is 660. The minimum atomic E-state index is 0.525. The summed E-state index contributed by atoms with van der Waals surface area (Å²) in [5.41, 5.74) is 3.91. The molecule has 0 aliphatic carbocycles. The van der Waals surface area contributed by atoms with E-state index in [1.54, 1.807) is 0 Å². The molecule has 4 heteroatoms. The monoisotopic (exact) mass is 272 g/mol. The quantitative estimate of drug-likeness (QED) is 0.724. The third-order valence-corrected chi connectivity index (χ3v) is 3.19. The van der Waals surface area contributed by atoms with Crippen LogP contribution in [0.1, 0.15) is 11.1 Å². The predicted molar refractivity (Wildman–Crippen MR) is 77.3 cm³/mol. The zero-order valence-electron chi connectivity index (χ0n) is 10.3. The van der Waals surface area contributed by atoms with Crippen molar-refractivity contribution in [3.63, 3.8) is 0 Å². The highest BCUT2D eigenvalue weighted by Crippen LogP contribution is 2.18. The van der Waals surface area contributed by atoms with Gasteiger partial charge in [-0.1, -0.05) is 36.4 Å². The SMILES string of the molecule is ClCc1cccc(CNc2nc3ccccc3o2)c1. The molecule has 0 radical (unpaired) electrons. The van der Waals surface area contributed by atoms with Gasteiger partial charge in [0.05, 0.1) is 0 Å². The first kappa shape index (κ1) is 12.1. The van der Waals surface area contributed by atoms with Crippen molar-refractivity contribution in [2.24, 2.45) is 0 Å². The Kier molecular flexibility index (Phi) is 3.38. The van der Waals surface area contributed by atoms with Crippen LogP contribution in [-0.2, 0) is 12.4 Å². The van der Waals surface area contributed by atoms with Gasteiger partial charge in [-0.05, 0) is 23.3 Å². The Morgan fingerprint density at radius 1 is 1.05 bits per heavy atom. The number of hydrogen-bond donors (Lipinski definition) is 1. The smallest absolute Gasteiger partial charge is 0.295 e. The number of oxazole rings is 1. The average molecular weight is 273 g/mol. The number of anilines is 1. The molecule has 0 aliphatic rings. The van der Waals surface area contributed by atoms with Gasteiger partial charge in [-0.2, -0.15) is 4.98 Å². The number of hydrogen-bond acceptors (Lipinski definition) is 3. The van der Waals surface area contributed by atoms with Crippen LogP contribution in [0.25, 0.3) is 11.1 Å². The molecule has 0 spiro atoms. The highest BCUT2D eigenvalue weighted by molar-refractivity contribution is 6.17. The topological polar surface area (TPSA) is 38.1 Å². The van der Waals surface area contributed by atoms with E-state index in [-0.39, 0.29) is 0 Å². The molecule has 1 heterocycles. The van der Waals surface area contributed by atoms with Crippen LogP contribution in [0.15, 0.2) is 52.9 Å². The van der Waals surface area contributed by atoms with Crippen molar-refractivity contribution in [3.05, 3.63) is 59.7 Å². The van der Waals surface area contributed by atoms with Gasteiger partial charge in [-0.3, -0.25) is 0 Å². The molecule has 3 nitrogen and oxygen atoms in total. The van der Waals surface area contributed by atoms with E-state index < -0.39 is 0 Å². The van der Waals surface area contributed by atoms with Crippen molar-refractivity contribution in [1.29, 1.82) is 0 Å². The van der Waals surface area contributed by atoms with Crippen molar-refractivity contribution in [3.8, 4) is 0 Å². The van der Waals surface area contributed by atoms with Crippen LogP contribution >= 0.6 is 11.6 Å². The Hall–Kier alpha value is -2.00. The van der Waals surface area contributed by atoms with Gasteiger partial charge < -0.3 is 9.73 Å². The van der Waals surface area contributed by atoms with Gasteiger partial charge in [-0.25, -0.2) is 0 Å². The fourth-order valence-electron chi connectivity index (χ4n) is 1.95. The summed E-state index contributed by atoms with van der Waals surface area (Å²) >= 11 is 5.82. The van der Waals surface area contributed by atoms with Crippen LogP contribution < -0.4 is 5.32 Å². The zero-order chi connectivity index (χ0) is 13.1. The molecule has 0 saturated carbocycles. The Morgan fingerprint density at radius 3 is 2.74 bits per heavy atom. The van der Waals surface area contributed by atoms with Crippen molar-refractivity contribution >= 4 is 28.7 Å². The number of alkyl halides is 1.